The lowest BCUT2D eigenvalue weighted by Gasteiger charge is -2.16. The molecule has 2 fully saturated rings. The van der Waals surface area contributed by atoms with Gasteiger partial charge in [0.1, 0.15) is 5.78 Å². The van der Waals surface area contributed by atoms with E-state index in [1.165, 1.54) is 0 Å². The Morgan fingerprint density at radius 1 is 1.44 bits per heavy atom. The minimum Gasteiger partial charge on any atom is -0.332 e. The summed E-state index contributed by atoms with van der Waals surface area (Å²) < 4.78 is 0. The molecule has 2 aliphatic rings. The first-order valence-corrected chi connectivity index (χ1v) is 6.90. The predicted octanol–water partition coefficient (Wildman–Crippen LogP) is 1.30. The van der Waals surface area contributed by atoms with Crippen molar-refractivity contribution in [2.75, 3.05) is 5.75 Å². The smallest absolute Gasteiger partial charge is 0.315 e. The number of carbonyl (C=O) groups is 2. The van der Waals surface area contributed by atoms with Crippen LogP contribution < -0.4 is 10.6 Å². The van der Waals surface area contributed by atoms with Crippen LogP contribution in [-0.4, -0.2) is 34.9 Å². The predicted molar refractivity (Wildman–Crippen MR) is 64.6 cm³/mol. The van der Waals surface area contributed by atoms with E-state index in [4.69, 9.17) is 0 Å². The fraction of sp³-hybridized carbons (Fsp3) is 0.818. The van der Waals surface area contributed by atoms with Gasteiger partial charge in [-0.05, 0) is 19.8 Å². The van der Waals surface area contributed by atoms with Crippen LogP contribution in [0.3, 0.4) is 0 Å². The SMILES string of the molecule is CC(=O)CCCCC1SC[C@@H]2NC(=O)NC12. The summed E-state index contributed by atoms with van der Waals surface area (Å²) in [7, 11) is 0. The Bertz CT molecular complexity index is 296. The lowest BCUT2D eigenvalue weighted by atomic mass is 10.0. The molecule has 0 aliphatic carbocycles. The normalized spacial score (nSPS) is 32.1. The number of ketones is 1. The average Bonchev–Trinajstić information content (AvgIpc) is 2.72. The van der Waals surface area contributed by atoms with Crippen molar-refractivity contribution < 1.29 is 9.59 Å². The summed E-state index contributed by atoms with van der Waals surface area (Å²) in [5.74, 6) is 1.29. The minimum atomic E-state index is -0.0240. The van der Waals surface area contributed by atoms with E-state index in [1.54, 1.807) is 6.92 Å². The van der Waals surface area contributed by atoms with Gasteiger partial charge >= 0.3 is 6.03 Å². The molecule has 90 valence electrons. The molecular weight excluding hydrogens is 224 g/mol. The maximum atomic E-state index is 11.1. The van der Waals surface area contributed by atoms with Crippen molar-refractivity contribution >= 4 is 23.6 Å². The van der Waals surface area contributed by atoms with Gasteiger partial charge in [0.25, 0.3) is 0 Å². The molecule has 0 radical (unpaired) electrons. The third-order valence-electron chi connectivity index (χ3n) is 3.21. The number of urea groups is 1. The third-order valence-corrected chi connectivity index (χ3v) is 4.71. The number of amides is 2. The van der Waals surface area contributed by atoms with Gasteiger partial charge in [0.2, 0.25) is 0 Å². The Labute approximate surface area is 99.9 Å². The molecule has 16 heavy (non-hydrogen) atoms. The first kappa shape index (κ1) is 11.8. The molecule has 2 heterocycles. The highest BCUT2D eigenvalue weighted by molar-refractivity contribution is 8.00. The van der Waals surface area contributed by atoms with E-state index in [0.29, 0.717) is 23.8 Å². The molecule has 2 amide bonds. The first-order chi connectivity index (χ1) is 7.66. The van der Waals surface area contributed by atoms with Gasteiger partial charge in [-0.25, -0.2) is 4.79 Å². The zero-order valence-corrected chi connectivity index (χ0v) is 10.3. The summed E-state index contributed by atoms with van der Waals surface area (Å²) in [4.78, 5) is 21.9. The van der Waals surface area contributed by atoms with Gasteiger partial charge in [-0.3, -0.25) is 0 Å². The molecular formula is C11H18N2O2S. The zero-order chi connectivity index (χ0) is 11.5. The highest BCUT2D eigenvalue weighted by Gasteiger charge is 2.42. The number of rotatable bonds is 5. The van der Waals surface area contributed by atoms with E-state index in [-0.39, 0.29) is 11.8 Å². The maximum Gasteiger partial charge on any atom is 0.315 e. The van der Waals surface area contributed by atoms with Gasteiger partial charge < -0.3 is 15.4 Å². The first-order valence-electron chi connectivity index (χ1n) is 5.85. The second kappa shape index (κ2) is 5.08. The molecule has 0 saturated carbocycles. The summed E-state index contributed by atoms with van der Waals surface area (Å²) in [5.41, 5.74) is 0. The molecule has 0 aromatic heterocycles. The second-order valence-corrected chi connectivity index (χ2v) is 5.84. The largest absolute Gasteiger partial charge is 0.332 e. The van der Waals surface area contributed by atoms with Crippen molar-refractivity contribution in [2.24, 2.45) is 0 Å². The molecule has 2 aliphatic heterocycles. The number of Topliss-reactive ketones (excluding diaryl/α,β-unsaturated/α-hetero) is 1. The highest BCUT2D eigenvalue weighted by atomic mass is 32.2. The monoisotopic (exact) mass is 242 g/mol. The van der Waals surface area contributed by atoms with E-state index < -0.39 is 0 Å². The fourth-order valence-electron chi connectivity index (χ4n) is 2.36. The summed E-state index contributed by atoms with van der Waals surface area (Å²) >= 11 is 1.93. The summed E-state index contributed by atoms with van der Waals surface area (Å²) in [5, 5.41) is 6.43. The Balaban J connectivity index is 1.70. The van der Waals surface area contributed by atoms with Crippen LogP contribution in [0.5, 0.6) is 0 Å². The lowest BCUT2D eigenvalue weighted by molar-refractivity contribution is -0.117. The van der Waals surface area contributed by atoms with Crippen LogP contribution in [0.4, 0.5) is 4.79 Å². The van der Waals surface area contributed by atoms with Gasteiger partial charge in [0.05, 0.1) is 12.1 Å². The van der Waals surface area contributed by atoms with Crippen LogP contribution in [0.2, 0.25) is 0 Å². The van der Waals surface area contributed by atoms with E-state index in [1.807, 2.05) is 11.8 Å². The fourth-order valence-corrected chi connectivity index (χ4v) is 3.91. The molecule has 2 rings (SSSR count). The Morgan fingerprint density at radius 3 is 3.00 bits per heavy atom. The van der Waals surface area contributed by atoms with Crippen molar-refractivity contribution in [1.82, 2.24) is 10.6 Å². The number of hydrogen-bond acceptors (Lipinski definition) is 3. The average molecular weight is 242 g/mol. The molecule has 2 unspecified atom stereocenters. The molecule has 0 spiro atoms. The number of fused-ring (bicyclic) bond motifs is 1. The second-order valence-electron chi connectivity index (χ2n) is 4.57. The van der Waals surface area contributed by atoms with E-state index >= 15 is 0 Å². The van der Waals surface area contributed by atoms with E-state index in [9.17, 15) is 9.59 Å². The quantitative estimate of drug-likeness (QED) is 0.564. The summed E-state index contributed by atoms with van der Waals surface area (Å²) in [6.45, 7) is 1.64. The van der Waals surface area contributed by atoms with Gasteiger partial charge in [-0.2, -0.15) is 11.8 Å². The van der Waals surface area contributed by atoms with Crippen LogP contribution in [0.15, 0.2) is 0 Å². The number of carbonyl (C=O) groups excluding carboxylic acids is 2. The number of hydrogen-bond donors (Lipinski definition) is 2. The molecule has 4 nitrogen and oxygen atoms in total. The van der Waals surface area contributed by atoms with Crippen molar-refractivity contribution in [3.63, 3.8) is 0 Å². The number of nitrogens with one attached hydrogen (secondary N) is 2. The molecule has 0 aromatic carbocycles. The minimum absolute atomic E-state index is 0.0240. The summed E-state index contributed by atoms with van der Waals surface area (Å²) in [6, 6.07) is 0.592. The van der Waals surface area contributed by atoms with Crippen molar-refractivity contribution in [2.45, 2.75) is 49.9 Å². The maximum absolute atomic E-state index is 11.1. The molecule has 5 heteroatoms. The third kappa shape index (κ3) is 2.70. The molecule has 2 saturated heterocycles. The van der Waals surface area contributed by atoms with Crippen molar-refractivity contribution in [3.8, 4) is 0 Å². The topological polar surface area (TPSA) is 58.2 Å². The number of thioether (sulfide) groups is 1. The summed E-state index contributed by atoms with van der Waals surface area (Å²) in [6.07, 6.45) is 3.85. The van der Waals surface area contributed by atoms with E-state index in [2.05, 4.69) is 10.6 Å². The van der Waals surface area contributed by atoms with Gasteiger partial charge in [0, 0.05) is 17.4 Å². The lowest BCUT2D eigenvalue weighted by Crippen LogP contribution is -2.36. The van der Waals surface area contributed by atoms with Crippen LogP contribution in [-0.2, 0) is 4.79 Å². The van der Waals surface area contributed by atoms with Crippen LogP contribution in [0.1, 0.15) is 32.6 Å². The Hall–Kier alpha value is -0.710. The number of unbranched alkanes of at least 4 members (excludes halogenated alkanes) is 1. The molecule has 2 N–H and O–H groups in total. The van der Waals surface area contributed by atoms with Crippen molar-refractivity contribution in [3.05, 3.63) is 0 Å². The van der Waals surface area contributed by atoms with Crippen LogP contribution >= 0.6 is 11.8 Å². The highest BCUT2D eigenvalue weighted by Crippen LogP contribution is 2.33. The van der Waals surface area contributed by atoms with Crippen LogP contribution in [0, 0.1) is 0 Å². The van der Waals surface area contributed by atoms with Gasteiger partial charge in [-0.15, -0.1) is 0 Å². The molecule has 0 bridgehead atoms. The van der Waals surface area contributed by atoms with Gasteiger partial charge in [-0.1, -0.05) is 6.42 Å². The Kier molecular flexibility index (Phi) is 3.74. The van der Waals surface area contributed by atoms with Crippen LogP contribution in [0.25, 0.3) is 0 Å². The zero-order valence-electron chi connectivity index (χ0n) is 9.49. The molecule has 0 aromatic rings. The molecule has 3 atom stereocenters. The standard InChI is InChI=1S/C11H18N2O2S/c1-7(14)4-2-3-5-9-10-8(6-16-9)12-11(15)13-10/h8-10H,2-6H2,1H3,(H2,12,13,15)/t8-,9?,10?/m0/s1. The van der Waals surface area contributed by atoms with Gasteiger partial charge in [0.15, 0.2) is 0 Å². The van der Waals surface area contributed by atoms with Crippen molar-refractivity contribution in [1.29, 1.82) is 0 Å². The Morgan fingerprint density at radius 2 is 2.25 bits per heavy atom. The van der Waals surface area contributed by atoms with E-state index in [0.717, 1.165) is 25.0 Å².